The lowest BCUT2D eigenvalue weighted by molar-refractivity contribution is 0.318. The van der Waals surface area contributed by atoms with Gasteiger partial charge in [0.25, 0.3) is 0 Å². The van der Waals surface area contributed by atoms with Gasteiger partial charge in [0.1, 0.15) is 11.4 Å². The Morgan fingerprint density at radius 3 is 2.70 bits per heavy atom. The average Bonchev–Trinajstić information content (AvgIpc) is 2.46. The molecule has 1 aliphatic rings. The van der Waals surface area contributed by atoms with Crippen LogP contribution in [0, 0.1) is 17.7 Å². The SMILES string of the molecule is N/C(=N/O)c1nc(C#CC2(N)CCCCC2)ccc1F. The zero-order chi connectivity index (χ0) is 14.6. The third-order valence-corrected chi connectivity index (χ3v) is 3.38. The first-order chi connectivity index (χ1) is 9.54. The monoisotopic (exact) mass is 276 g/mol. The minimum absolute atomic E-state index is 0.214. The second-order valence-corrected chi connectivity index (χ2v) is 4.98. The minimum Gasteiger partial charge on any atom is -0.409 e. The number of halogens is 1. The van der Waals surface area contributed by atoms with Crippen LogP contribution in [0.2, 0.25) is 0 Å². The molecule has 5 N–H and O–H groups in total. The van der Waals surface area contributed by atoms with Gasteiger partial charge in [0.15, 0.2) is 11.7 Å². The maximum atomic E-state index is 13.5. The molecule has 0 aromatic carbocycles. The van der Waals surface area contributed by atoms with Crippen LogP contribution in [0.15, 0.2) is 17.3 Å². The lowest BCUT2D eigenvalue weighted by Gasteiger charge is -2.27. The first kappa shape index (κ1) is 14.3. The minimum atomic E-state index is -0.661. The van der Waals surface area contributed by atoms with Crippen LogP contribution < -0.4 is 11.5 Å². The number of amidine groups is 1. The fourth-order valence-electron chi connectivity index (χ4n) is 2.23. The molecule has 1 aliphatic carbocycles. The summed E-state index contributed by atoms with van der Waals surface area (Å²) in [5.41, 5.74) is 11.2. The molecule has 1 fully saturated rings. The number of nitrogens with zero attached hydrogens (tertiary/aromatic N) is 2. The smallest absolute Gasteiger partial charge is 0.191 e. The molecule has 2 rings (SSSR count). The molecule has 1 saturated carbocycles. The second kappa shape index (κ2) is 5.88. The second-order valence-electron chi connectivity index (χ2n) is 4.98. The first-order valence-electron chi connectivity index (χ1n) is 6.50. The van der Waals surface area contributed by atoms with Crippen molar-refractivity contribution >= 4 is 5.84 Å². The molecule has 0 atom stereocenters. The van der Waals surface area contributed by atoms with Gasteiger partial charge in [-0.1, -0.05) is 30.3 Å². The van der Waals surface area contributed by atoms with E-state index < -0.39 is 11.4 Å². The zero-order valence-electron chi connectivity index (χ0n) is 11.1. The molecule has 20 heavy (non-hydrogen) atoms. The van der Waals surface area contributed by atoms with E-state index in [1.807, 2.05) is 0 Å². The van der Waals surface area contributed by atoms with Crippen molar-refractivity contribution in [2.24, 2.45) is 16.6 Å². The molecule has 0 amide bonds. The molecule has 0 saturated heterocycles. The van der Waals surface area contributed by atoms with Crippen LogP contribution in [0.1, 0.15) is 43.5 Å². The van der Waals surface area contributed by atoms with Gasteiger partial charge in [0.05, 0.1) is 5.54 Å². The van der Waals surface area contributed by atoms with Crippen molar-refractivity contribution in [3.8, 4) is 11.8 Å². The summed E-state index contributed by atoms with van der Waals surface area (Å²) in [6.07, 6.45) is 5.03. The standard InChI is InChI=1S/C14H17FN4O/c15-11-5-4-10(18-12(11)13(16)19-20)6-9-14(17)7-2-1-3-8-14/h4-5,20H,1-3,7-8,17H2,(H2,16,19). The summed E-state index contributed by atoms with van der Waals surface area (Å²) in [5.74, 6) is 4.83. The summed E-state index contributed by atoms with van der Waals surface area (Å²) in [5, 5.41) is 11.3. The van der Waals surface area contributed by atoms with E-state index in [4.69, 9.17) is 16.7 Å². The Bertz CT molecular complexity index is 583. The number of nitrogens with two attached hydrogens (primary N) is 2. The molecule has 6 heteroatoms. The van der Waals surface area contributed by atoms with Crippen LogP contribution in [0.5, 0.6) is 0 Å². The van der Waals surface area contributed by atoms with Gasteiger partial charge >= 0.3 is 0 Å². The van der Waals surface area contributed by atoms with E-state index in [0.717, 1.165) is 25.7 Å². The number of oxime groups is 1. The maximum absolute atomic E-state index is 13.5. The van der Waals surface area contributed by atoms with Crippen LogP contribution in [0.4, 0.5) is 4.39 Å². The van der Waals surface area contributed by atoms with Crippen LogP contribution >= 0.6 is 0 Å². The lowest BCUT2D eigenvalue weighted by atomic mass is 9.83. The predicted molar refractivity (Wildman–Crippen MR) is 73.6 cm³/mol. The summed E-state index contributed by atoms with van der Waals surface area (Å²) in [6, 6.07) is 2.64. The Morgan fingerprint density at radius 2 is 2.05 bits per heavy atom. The average molecular weight is 276 g/mol. The lowest BCUT2D eigenvalue weighted by Crippen LogP contribution is -2.40. The van der Waals surface area contributed by atoms with Gasteiger partial charge in [-0.2, -0.15) is 0 Å². The Balaban J connectivity index is 2.27. The van der Waals surface area contributed by atoms with Gasteiger partial charge < -0.3 is 16.7 Å². The Morgan fingerprint density at radius 1 is 1.35 bits per heavy atom. The first-order valence-corrected chi connectivity index (χ1v) is 6.50. The van der Waals surface area contributed by atoms with Gasteiger partial charge in [0, 0.05) is 0 Å². The molecule has 0 radical (unpaired) electrons. The number of pyridine rings is 1. The maximum Gasteiger partial charge on any atom is 0.191 e. The summed E-state index contributed by atoms with van der Waals surface area (Å²) in [6.45, 7) is 0. The quantitative estimate of drug-likeness (QED) is 0.237. The van der Waals surface area contributed by atoms with Crippen LogP contribution in [0.3, 0.4) is 0 Å². The van der Waals surface area contributed by atoms with E-state index in [0.29, 0.717) is 5.69 Å². The summed E-state index contributed by atoms with van der Waals surface area (Å²) < 4.78 is 13.5. The van der Waals surface area contributed by atoms with Gasteiger partial charge in [-0.3, -0.25) is 0 Å². The topological polar surface area (TPSA) is 97.5 Å². The highest BCUT2D eigenvalue weighted by molar-refractivity contribution is 5.95. The molecule has 106 valence electrons. The summed E-state index contributed by atoms with van der Waals surface area (Å²) in [4.78, 5) is 3.94. The third kappa shape index (κ3) is 3.25. The van der Waals surface area contributed by atoms with Crippen molar-refractivity contribution in [2.75, 3.05) is 0 Å². The molecule has 5 nitrogen and oxygen atoms in total. The fraction of sp³-hybridized carbons (Fsp3) is 0.429. The molecular weight excluding hydrogens is 259 g/mol. The molecule has 1 aromatic rings. The van der Waals surface area contributed by atoms with E-state index >= 15 is 0 Å². The molecule has 0 aliphatic heterocycles. The van der Waals surface area contributed by atoms with Gasteiger partial charge in [-0.15, -0.1) is 0 Å². The number of aromatic nitrogens is 1. The Kier molecular flexibility index (Phi) is 4.20. The molecule has 0 unspecified atom stereocenters. The largest absolute Gasteiger partial charge is 0.409 e. The summed E-state index contributed by atoms with van der Waals surface area (Å²) >= 11 is 0. The van der Waals surface area contributed by atoms with Crippen molar-refractivity contribution in [1.29, 1.82) is 0 Å². The molecule has 1 heterocycles. The van der Waals surface area contributed by atoms with Crippen LogP contribution in [-0.2, 0) is 0 Å². The number of hydrogen-bond acceptors (Lipinski definition) is 4. The summed E-state index contributed by atoms with van der Waals surface area (Å²) in [7, 11) is 0. The predicted octanol–water partition coefficient (Wildman–Crippen LogP) is 1.33. The van der Waals surface area contributed by atoms with Crippen LogP contribution in [0.25, 0.3) is 0 Å². The molecule has 0 spiro atoms. The highest BCUT2D eigenvalue weighted by atomic mass is 19.1. The number of rotatable bonds is 1. The Labute approximate surface area is 116 Å². The van der Waals surface area contributed by atoms with Crippen molar-refractivity contribution in [3.63, 3.8) is 0 Å². The van der Waals surface area contributed by atoms with Gasteiger partial charge in [-0.25, -0.2) is 9.37 Å². The fourth-order valence-corrected chi connectivity index (χ4v) is 2.23. The van der Waals surface area contributed by atoms with Gasteiger partial charge in [-0.05, 0) is 30.9 Å². The van der Waals surface area contributed by atoms with E-state index in [9.17, 15) is 4.39 Å². The van der Waals surface area contributed by atoms with E-state index in [1.54, 1.807) is 0 Å². The molecule has 1 aromatic heterocycles. The highest BCUT2D eigenvalue weighted by Gasteiger charge is 2.24. The molecule has 0 bridgehead atoms. The third-order valence-electron chi connectivity index (χ3n) is 3.38. The Hall–Kier alpha value is -2.13. The van der Waals surface area contributed by atoms with Crippen molar-refractivity contribution < 1.29 is 9.60 Å². The van der Waals surface area contributed by atoms with Crippen LogP contribution in [-0.4, -0.2) is 21.6 Å². The van der Waals surface area contributed by atoms with E-state index in [-0.39, 0.29) is 11.5 Å². The van der Waals surface area contributed by atoms with E-state index in [2.05, 4.69) is 22.0 Å². The normalized spacial score (nSPS) is 18.2. The molecular formula is C14H17FN4O. The van der Waals surface area contributed by atoms with Gasteiger partial charge in [0.2, 0.25) is 0 Å². The van der Waals surface area contributed by atoms with Crippen molar-refractivity contribution in [3.05, 3.63) is 29.3 Å². The van der Waals surface area contributed by atoms with Crippen molar-refractivity contribution in [2.45, 2.75) is 37.6 Å². The highest BCUT2D eigenvalue weighted by Crippen LogP contribution is 2.25. The number of hydrogen-bond donors (Lipinski definition) is 3. The van der Waals surface area contributed by atoms with E-state index in [1.165, 1.54) is 18.6 Å². The van der Waals surface area contributed by atoms with Crippen molar-refractivity contribution in [1.82, 2.24) is 4.98 Å². The zero-order valence-corrected chi connectivity index (χ0v) is 11.1.